The lowest BCUT2D eigenvalue weighted by atomic mass is 9.95. The zero-order valence-corrected chi connectivity index (χ0v) is 14.2. The fraction of sp³-hybridized carbons (Fsp3) is 0.556. The third kappa shape index (κ3) is 4.35. The zero-order valence-electron chi connectivity index (χ0n) is 14.2. The molecule has 0 unspecified atom stereocenters. The second-order valence-electron chi connectivity index (χ2n) is 6.73. The average Bonchev–Trinajstić information content (AvgIpc) is 2.61. The molecular weight excluding hydrogens is 325 g/mol. The van der Waals surface area contributed by atoms with Crippen molar-refractivity contribution in [2.45, 2.75) is 25.4 Å². The van der Waals surface area contributed by atoms with Gasteiger partial charge in [0.2, 0.25) is 11.8 Å². The number of likely N-dealkylation sites (tertiary alicyclic amines) is 1. The van der Waals surface area contributed by atoms with Crippen molar-refractivity contribution in [1.29, 1.82) is 0 Å². The summed E-state index contributed by atoms with van der Waals surface area (Å²) in [5.41, 5.74) is 6.31. The van der Waals surface area contributed by atoms with Crippen LogP contribution in [0.3, 0.4) is 0 Å². The smallest absolute Gasteiger partial charge is 0.242 e. The van der Waals surface area contributed by atoms with Gasteiger partial charge in [0.15, 0.2) is 0 Å². The number of carbonyl (C=O) groups excluding carboxylic acids is 2. The van der Waals surface area contributed by atoms with E-state index in [1.165, 1.54) is 12.1 Å². The van der Waals surface area contributed by atoms with Crippen LogP contribution in [-0.4, -0.2) is 60.5 Å². The highest BCUT2D eigenvalue weighted by molar-refractivity contribution is 5.88. The van der Waals surface area contributed by atoms with E-state index in [0.717, 1.165) is 24.9 Å². The van der Waals surface area contributed by atoms with Crippen molar-refractivity contribution in [2.75, 3.05) is 32.8 Å². The number of amides is 2. The first kappa shape index (κ1) is 17.8. The summed E-state index contributed by atoms with van der Waals surface area (Å²) >= 11 is 0. The molecule has 0 bridgehead atoms. The van der Waals surface area contributed by atoms with Gasteiger partial charge in [-0.05, 0) is 37.1 Å². The molecule has 2 atom stereocenters. The Labute approximate surface area is 146 Å². The number of nitrogens with zero attached hydrogens (tertiary/aromatic N) is 2. The van der Waals surface area contributed by atoms with Gasteiger partial charge >= 0.3 is 0 Å². The van der Waals surface area contributed by atoms with Crippen molar-refractivity contribution in [3.63, 3.8) is 0 Å². The van der Waals surface area contributed by atoms with E-state index in [1.54, 1.807) is 11.0 Å². The Morgan fingerprint density at radius 1 is 1.32 bits per heavy atom. The first-order valence-corrected chi connectivity index (χ1v) is 8.69. The molecule has 2 fully saturated rings. The van der Waals surface area contributed by atoms with E-state index < -0.39 is 11.9 Å². The molecule has 2 saturated heterocycles. The lowest BCUT2D eigenvalue weighted by Gasteiger charge is -2.39. The number of hydrogen-bond donors (Lipinski definition) is 1. The number of primary amides is 1. The molecule has 25 heavy (non-hydrogen) atoms. The Kier molecular flexibility index (Phi) is 5.65. The minimum Gasteiger partial charge on any atom is -0.377 e. The highest BCUT2D eigenvalue weighted by Crippen LogP contribution is 2.22. The number of nitrogens with two attached hydrogens (primary N) is 1. The van der Waals surface area contributed by atoms with Gasteiger partial charge in [0, 0.05) is 19.6 Å². The van der Waals surface area contributed by atoms with E-state index >= 15 is 0 Å². The highest BCUT2D eigenvalue weighted by atomic mass is 19.1. The maximum atomic E-state index is 13.4. The van der Waals surface area contributed by atoms with Gasteiger partial charge in [0.05, 0.1) is 19.1 Å². The molecule has 0 aliphatic carbocycles. The lowest BCUT2D eigenvalue weighted by molar-refractivity contribution is -0.151. The van der Waals surface area contributed by atoms with Crippen LogP contribution in [0.4, 0.5) is 4.39 Å². The molecule has 3 rings (SSSR count). The van der Waals surface area contributed by atoms with Crippen molar-refractivity contribution in [3.8, 4) is 0 Å². The van der Waals surface area contributed by atoms with Crippen molar-refractivity contribution in [2.24, 2.45) is 11.7 Å². The summed E-state index contributed by atoms with van der Waals surface area (Å²) in [6.07, 6.45) is 1.69. The first-order valence-electron chi connectivity index (χ1n) is 8.69. The molecule has 136 valence electrons. The minimum atomic E-state index is -0.681. The number of piperidine rings is 1. The molecule has 6 nitrogen and oxygen atoms in total. The third-order valence-corrected chi connectivity index (χ3v) is 4.89. The summed E-state index contributed by atoms with van der Waals surface area (Å²) in [5, 5.41) is 0. The van der Waals surface area contributed by atoms with Gasteiger partial charge in [-0.25, -0.2) is 4.39 Å². The summed E-state index contributed by atoms with van der Waals surface area (Å²) in [4.78, 5) is 28.2. The van der Waals surface area contributed by atoms with Gasteiger partial charge in [-0.15, -0.1) is 0 Å². The van der Waals surface area contributed by atoms with Crippen molar-refractivity contribution >= 4 is 11.8 Å². The van der Waals surface area contributed by atoms with Gasteiger partial charge in [0.25, 0.3) is 0 Å². The Morgan fingerprint density at radius 2 is 2.16 bits per heavy atom. The molecule has 2 heterocycles. The van der Waals surface area contributed by atoms with Crippen LogP contribution >= 0.6 is 0 Å². The van der Waals surface area contributed by atoms with Crippen LogP contribution < -0.4 is 5.73 Å². The maximum absolute atomic E-state index is 13.4. The van der Waals surface area contributed by atoms with Crippen LogP contribution in [0.1, 0.15) is 18.4 Å². The standard InChI is InChI=1S/C18H24FN3O3/c19-15-5-1-3-13(9-15)10-21-6-2-4-14(11-21)18(24)22-7-8-25-12-16(22)17(20)23/h1,3,5,9,14,16H,2,4,6-8,10-12H2,(H2,20,23)/t14-,16+/m0/s1. The van der Waals surface area contributed by atoms with E-state index in [4.69, 9.17) is 10.5 Å². The van der Waals surface area contributed by atoms with E-state index in [-0.39, 0.29) is 24.2 Å². The normalized spacial score (nSPS) is 24.9. The van der Waals surface area contributed by atoms with Crippen LogP contribution in [0.25, 0.3) is 0 Å². The summed E-state index contributed by atoms with van der Waals surface area (Å²) in [5.74, 6) is -0.974. The van der Waals surface area contributed by atoms with Gasteiger partial charge in [-0.1, -0.05) is 12.1 Å². The number of halogens is 1. The van der Waals surface area contributed by atoms with Crippen LogP contribution in [0, 0.1) is 11.7 Å². The van der Waals surface area contributed by atoms with E-state index in [1.807, 2.05) is 6.07 Å². The third-order valence-electron chi connectivity index (χ3n) is 4.89. The molecule has 7 heteroatoms. The van der Waals surface area contributed by atoms with Crippen molar-refractivity contribution < 1.29 is 18.7 Å². The molecule has 2 aliphatic heterocycles. The topological polar surface area (TPSA) is 75.9 Å². The molecule has 0 radical (unpaired) electrons. The fourth-order valence-corrected chi connectivity index (χ4v) is 3.63. The summed E-state index contributed by atoms with van der Waals surface area (Å²) < 4.78 is 18.6. The Bertz CT molecular complexity index is 640. The van der Waals surface area contributed by atoms with Crippen LogP contribution in [0.5, 0.6) is 0 Å². The summed E-state index contributed by atoms with van der Waals surface area (Å²) in [6, 6.07) is 5.85. The largest absolute Gasteiger partial charge is 0.377 e. The van der Waals surface area contributed by atoms with Gasteiger partial charge in [-0.3, -0.25) is 14.5 Å². The van der Waals surface area contributed by atoms with Crippen LogP contribution in [0.2, 0.25) is 0 Å². The molecular formula is C18H24FN3O3. The molecule has 1 aromatic carbocycles. The Hall–Kier alpha value is -1.99. The van der Waals surface area contributed by atoms with Gasteiger partial charge < -0.3 is 15.4 Å². The summed E-state index contributed by atoms with van der Waals surface area (Å²) in [6.45, 7) is 3.09. The predicted molar refractivity (Wildman–Crippen MR) is 89.9 cm³/mol. The van der Waals surface area contributed by atoms with Crippen molar-refractivity contribution in [1.82, 2.24) is 9.80 Å². The quantitative estimate of drug-likeness (QED) is 0.870. The first-order chi connectivity index (χ1) is 12.0. The second-order valence-corrected chi connectivity index (χ2v) is 6.73. The predicted octanol–water partition coefficient (Wildman–Crippen LogP) is 0.750. The molecule has 0 aromatic heterocycles. The molecule has 0 saturated carbocycles. The Morgan fingerprint density at radius 3 is 2.92 bits per heavy atom. The van der Waals surface area contributed by atoms with Gasteiger partial charge in [-0.2, -0.15) is 0 Å². The lowest BCUT2D eigenvalue weighted by Crippen LogP contribution is -2.57. The number of hydrogen-bond acceptors (Lipinski definition) is 4. The number of benzene rings is 1. The van der Waals surface area contributed by atoms with Crippen LogP contribution in [0.15, 0.2) is 24.3 Å². The number of rotatable bonds is 4. The average molecular weight is 349 g/mol. The molecule has 2 aliphatic rings. The SMILES string of the molecule is NC(=O)[C@H]1COCCN1C(=O)[C@H]1CCCN(Cc2cccc(F)c2)C1. The maximum Gasteiger partial charge on any atom is 0.242 e. The zero-order chi connectivity index (χ0) is 17.8. The number of ether oxygens (including phenoxy) is 1. The minimum absolute atomic E-state index is 0.0314. The fourth-order valence-electron chi connectivity index (χ4n) is 3.63. The van der Waals surface area contributed by atoms with Crippen LogP contribution in [-0.2, 0) is 20.9 Å². The van der Waals surface area contributed by atoms with E-state index in [0.29, 0.717) is 26.2 Å². The molecule has 1 aromatic rings. The number of morpholine rings is 1. The highest BCUT2D eigenvalue weighted by Gasteiger charge is 2.36. The monoisotopic (exact) mass is 349 g/mol. The molecule has 0 spiro atoms. The second kappa shape index (κ2) is 7.93. The van der Waals surface area contributed by atoms with E-state index in [2.05, 4.69) is 4.90 Å². The Balaban J connectivity index is 1.64. The van der Waals surface area contributed by atoms with Gasteiger partial charge in [0.1, 0.15) is 11.9 Å². The van der Waals surface area contributed by atoms with Crippen molar-refractivity contribution in [3.05, 3.63) is 35.6 Å². The molecule has 2 N–H and O–H groups in total. The number of carbonyl (C=O) groups is 2. The molecule has 2 amide bonds. The van der Waals surface area contributed by atoms with E-state index in [9.17, 15) is 14.0 Å². The summed E-state index contributed by atoms with van der Waals surface area (Å²) in [7, 11) is 0.